The Labute approximate surface area is 184 Å². The smallest absolute Gasteiger partial charge is 0.237 e. The number of amides is 2. The summed E-state index contributed by atoms with van der Waals surface area (Å²) in [5, 5.41) is 7.71. The molecule has 2 amide bonds. The van der Waals surface area contributed by atoms with Crippen molar-refractivity contribution in [2.75, 3.05) is 26.7 Å². The maximum absolute atomic E-state index is 12.5. The zero-order chi connectivity index (χ0) is 22.6. The summed E-state index contributed by atoms with van der Waals surface area (Å²) in [5.74, 6) is 0.725. The van der Waals surface area contributed by atoms with Gasteiger partial charge >= 0.3 is 0 Å². The summed E-state index contributed by atoms with van der Waals surface area (Å²) in [6.45, 7) is 8.26. The van der Waals surface area contributed by atoms with Crippen molar-refractivity contribution in [3.8, 4) is 11.3 Å². The molecule has 7 heteroatoms. The minimum Gasteiger partial charge on any atom is -0.368 e. The van der Waals surface area contributed by atoms with Crippen molar-refractivity contribution >= 4 is 11.8 Å². The van der Waals surface area contributed by atoms with Gasteiger partial charge in [-0.05, 0) is 48.7 Å². The Kier molecular flexibility index (Phi) is 7.15. The van der Waals surface area contributed by atoms with E-state index < -0.39 is 5.91 Å². The van der Waals surface area contributed by atoms with Gasteiger partial charge in [-0.25, -0.2) is 0 Å². The maximum atomic E-state index is 12.5. The highest BCUT2D eigenvalue weighted by molar-refractivity contribution is 5.83. The summed E-state index contributed by atoms with van der Waals surface area (Å²) in [5.41, 5.74) is 8.50. The Hall–Kier alpha value is -2.67. The van der Waals surface area contributed by atoms with E-state index in [1.54, 1.807) is 7.05 Å². The Morgan fingerprint density at radius 2 is 1.94 bits per heavy atom. The zero-order valence-electron chi connectivity index (χ0n) is 19.0. The van der Waals surface area contributed by atoms with Crippen LogP contribution >= 0.6 is 0 Å². The van der Waals surface area contributed by atoms with Crippen molar-refractivity contribution in [3.05, 3.63) is 41.6 Å². The average Bonchev–Trinajstić information content (AvgIpc) is 3.17. The molecule has 0 saturated carbocycles. The fourth-order valence-electron chi connectivity index (χ4n) is 4.13. The fourth-order valence-corrected chi connectivity index (χ4v) is 4.13. The van der Waals surface area contributed by atoms with Gasteiger partial charge in [0.15, 0.2) is 5.76 Å². The summed E-state index contributed by atoms with van der Waals surface area (Å²) >= 11 is 0. The number of carbonyl (C=O) groups is 2. The molecule has 0 bridgehead atoms. The SMILES string of the molecule is CN(CC(N)=O)C(=O)C[C@@H]1CCNC[C@@H]1Cc1cc(-c2ccc(C(C)(C)C)cc2)on1. The van der Waals surface area contributed by atoms with Crippen LogP contribution in [0.4, 0.5) is 0 Å². The predicted molar refractivity (Wildman–Crippen MR) is 120 cm³/mol. The Morgan fingerprint density at radius 3 is 2.58 bits per heavy atom. The quantitative estimate of drug-likeness (QED) is 0.709. The molecule has 2 atom stereocenters. The van der Waals surface area contributed by atoms with Gasteiger partial charge in [0.25, 0.3) is 0 Å². The Morgan fingerprint density at radius 1 is 1.23 bits per heavy atom. The molecule has 3 rings (SSSR count). The number of primary amides is 1. The van der Waals surface area contributed by atoms with Gasteiger partial charge in [-0.2, -0.15) is 0 Å². The fraction of sp³-hybridized carbons (Fsp3) is 0.542. The van der Waals surface area contributed by atoms with Crippen LogP contribution in [0.2, 0.25) is 0 Å². The number of nitrogens with two attached hydrogens (primary N) is 1. The normalized spacial score (nSPS) is 19.2. The molecule has 1 aromatic heterocycles. The second kappa shape index (κ2) is 9.64. The first kappa shape index (κ1) is 23.0. The molecule has 1 saturated heterocycles. The molecule has 1 fully saturated rings. The molecule has 31 heavy (non-hydrogen) atoms. The first-order chi connectivity index (χ1) is 14.6. The molecule has 7 nitrogen and oxygen atoms in total. The molecule has 1 aliphatic heterocycles. The molecular formula is C24H34N4O3. The van der Waals surface area contributed by atoms with E-state index in [1.165, 1.54) is 10.5 Å². The lowest BCUT2D eigenvalue weighted by Gasteiger charge is -2.32. The summed E-state index contributed by atoms with van der Waals surface area (Å²) in [6.07, 6.45) is 2.07. The Bertz CT molecular complexity index is 898. The maximum Gasteiger partial charge on any atom is 0.237 e. The molecule has 3 N–H and O–H groups in total. The van der Waals surface area contributed by atoms with Crippen molar-refractivity contribution in [2.24, 2.45) is 17.6 Å². The molecule has 168 valence electrons. The number of nitrogens with zero attached hydrogens (tertiary/aromatic N) is 2. The third-order valence-electron chi connectivity index (χ3n) is 6.09. The zero-order valence-corrected chi connectivity index (χ0v) is 19.0. The average molecular weight is 427 g/mol. The molecule has 0 spiro atoms. The van der Waals surface area contributed by atoms with Gasteiger partial charge in [-0.1, -0.05) is 50.2 Å². The molecule has 0 unspecified atom stereocenters. The standard InChI is InChI=1S/C24H34N4O3/c1-24(2,3)19-7-5-16(6-8-19)21-13-20(27-31-21)11-18-14-26-10-9-17(18)12-23(30)28(4)15-22(25)29/h5-8,13,17-18,26H,9-12,14-15H2,1-4H3,(H2,25,29)/t17-,18-/m0/s1. The Balaban J connectivity index is 1.65. The number of carbonyl (C=O) groups excluding carboxylic acids is 2. The van der Waals surface area contributed by atoms with Crippen molar-refractivity contribution in [1.29, 1.82) is 0 Å². The minimum absolute atomic E-state index is 0.0459. The van der Waals surface area contributed by atoms with E-state index in [1.807, 2.05) is 6.07 Å². The first-order valence-corrected chi connectivity index (χ1v) is 10.9. The van der Waals surface area contributed by atoms with Crippen molar-refractivity contribution in [3.63, 3.8) is 0 Å². The first-order valence-electron chi connectivity index (χ1n) is 10.9. The van der Waals surface area contributed by atoms with Crippen LogP contribution in [0.1, 0.15) is 44.9 Å². The third kappa shape index (κ3) is 6.17. The van der Waals surface area contributed by atoms with Gasteiger partial charge in [0.05, 0.1) is 12.2 Å². The van der Waals surface area contributed by atoms with Gasteiger partial charge in [0, 0.05) is 25.1 Å². The van der Waals surface area contributed by atoms with Crippen LogP contribution in [0.25, 0.3) is 11.3 Å². The summed E-state index contributed by atoms with van der Waals surface area (Å²) in [4.78, 5) is 25.0. The predicted octanol–water partition coefficient (Wildman–Crippen LogP) is 2.74. The molecule has 1 aliphatic rings. The number of hydrogen-bond donors (Lipinski definition) is 2. The highest BCUT2D eigenvalue weighted by Crippen LogP contribution is 2.30. The largest absolute Gasteiger partial charge is 0.368 e. The topological polar surface area (TPSA) is 101 Å². The highest BCUT2D eigenvalue weighted by Gasteiger charge is 2.29. The second-order valence-electron chi connectivity index (χ2n) is 9.65. The number of aromatic nitrogens is 1. The monoisotopic (exact) mass is 426 g/mol. The lowest BCUT2D eigenvalue weighted by Crippen LogP contribution is -2.42. The minimum atomic E-state index is -0.497. The molecule has 2 aromatic rings. The van der Waals surface area contributed by atoms with Crippen LogP contribution in [-0.2, 0) is 21.4 Å². The van der Waals surface area contributed by atoms with Gasteiger partial charge in [-0.15, -0.1) is 0 Å². The molecule has 1 aromatic carbocycles. The van der Waals surface area contributed by atoms with Crippen LogP contribution in [0.15, 0.2) is 34.9 Å². The van der Waals surface area contributed by atoms with E-state index in [0.29, 0.717) is 6.42 Å². The summed E-state index contributed by atoms with van der Waals surface area (Å²) in [6, 6.07) is 10.4. The van der Waals surface area contributed by atoms with E-state index in [0.717, 1.165) is 42.9 Å². The highest BCUT2D eigenvalue weighted by atomic mass is 16.5. The van der Waals surface area contributed by atoms with E-state index in [4.69, 9.17) is 10.3 Å². The van der Waals surface area contributed by atoms with Crippen LogP contribution in [0.5, 0.6) is 0 Å². The van der Waals surface area contributed by atoms with Gasteiger partial charge < -0.3 is 20.5 Å². The van der Waals surface area contributed by atoms with E-state index in [9.17, 15) is 9.59 Å². The van der Waals surface area contributed by atoms with Crippen LogP contribution in [0, 0.1) is 11.8 Å². The lowest BCUT2D eigenvalue weighted by atomic mass is 9.81. The summed E-state index contributed by atoms with van der Waals surface area (Å²) < 4.78 is 5.62. The van der Waals surface area contributed by atoms with Crippen LogP contribution in [-0.4, -0.2) is 48.6 Å². The summed E-state index contributed by atoms with van der Waals surface area (Å²) in [7, 11) is 1.62. The van der Waals surface area contributed by atoms with Crippen molar-refractivity contribution < 1.29 is 14.1 Å². The molecule has 2 heterocycles. The second-order valence-corrected chi connectivity index (χ2v) is 9.65. The van der Waals surface area contributed by atoms with Crippen LogP contribution in [0.3, 0.4) is 0 Å². The number of likely N-dealkylation sites (N-methyl/N-ethyl adjacent to an activating group) is 1. The lowest BCUT2D eigenvalue weighted by molar-refractivity contribution is -0.135. The molecule has 0 aliphatic carbocycles. The number of piperidine rings is 1. The van der Waals surface area contributed by atoms with Crippen molar-refractivity contribution in [2.45, 2.75) is 45.4 Å². The van der Waals surface area contributed by atoms with E-state index >= 15 is 0 Å². The number of nitrogens with one attached hydrogen (secondary N) is 1. The van der Waals surface area contributed by atoms with Crippen molar-refractivity contribution in [1.82, 2.24) is 15.4 Å². The number of hydrogen-bond acceptors (Lipinski definition) is 5. The van der Waals surface area contributed by atoms with E-state index in [-0.39, 0.29) is 29.7 Å². The molecular weight excluding hydrogens is 392 g/mol. The van der Waals surface area contributed by atoms with E-state index in [2.05, 4.69) is 55.5 Å². The molecule has 0 radical (unpaired) electrons. The number of rotatable bonds is 7. The van der Waals surface area contributed by atoms with Gasteiger partial charge in [-0.3, -0.25) is 9.59 Å². The number of benzene rings is 1. The van der Waals surface area contributed by atoms with Crippen LogP contribution < -0.4 is 11.1 Å². The van der Waals surface area contributed by atoms with Gasteiger partial charge in [0.2, 0.25) is 11.8 Å². The third-order valence-corrected chi connectivity index (χ3v) is 6.09. The van der Waals surface area contributed by atoms with Gasteiger partial charge in [0.1, 0.15) is 0 Å².